The van der Waals surface area contributed by atoms with Crippen LogP contribution < -0.4 is 10.6 Å². The van der Waals surface area contributed by atoms with Crippen LogP contribution in [0.4, 0.5) is 4.79 Å². The summed E-state index contributed by atoms with van der Waals surface area (Å²) in [5.41, 5.74) is 0.929. The zero-order valence-electron chi connectivity index (χ0n) is 16.1. The summed E-state index contributed by atoms with van der Waals surface area (Å²) < 4.78 is 0. The number of rotatable bonds is 5. The third-order valence-corrected chi connectivity index (χ3v) is 6.07. The van der Waals surface area contributed by atoms with Gasteiger partial charge in [0.05, 0.1) is 12.2 Å². The molecule has 2 aliphatic rings. The molecule has 0 bridgehead atoms. The summed E-state index contributed by atoms with van der Waals surface area (Å²) in [5.74, 6) is -0.724. The Hall–Kier alpha value is -2.24. The number of nitrogens with zero attached hydrogens (tertiary/aromatic N) is 4. The second-order valence-corrected chi connectivity index (χ2v) is 8.30. The van der Waals surface area contributed by atoms with Crippen LogP contribution in [0.5, 0.6) is 0 Å². The molecule has 3 heterocycles. The van der Waals surface area contributed by atoms with E-state index in [0.29, 0.717) is 18.1 Å². The van der Waals surface area contributed by atoms with E-state index in [-0.39, 0.29) is 12.5 Å². The van der Waals surface area contributed by atoms with Gasteiger partial charge in [0.25, 0.3) is 5.91 Å². The molecule has 0 saturated carbocycles. The van der Waals surface area contributed by atoms with E-state index >= 15 is 0 Å². The maximum Gasteiger partial charge on any atom is 0.404 e. The number of likely N-dealkylation sites (N-methyl/N-ethyl adjacent to an activating group) is 2. The molecule has 3 N–H and O–H groups in total. The van der Waals surface area contributed by atoms with E-state index in [2.05, 4.69) is 25.4 Å². The average Bonchev–Trinajstić information content (AvgIpc) is 3.08. The quantitative estimate of drug-likeness (QED) is 0.586. The van der Waals surface area contributed by atoms with Crippen molar-refractivity contribution in [3.63, 3.8) is 0 Å². The highest BCUT2D eigenvalue weighted by Crippen LogP contribution is 2.24. The van der Waals surface area contributed by atoms with Crippen LogP contribution in [0.15, 0.2) is 0 Å². The van der Waals surface area contributed by atoms with Gasteiger partial charge in [0, 0.05) is 50.6 Å². The second-order valence-electron chi connectivity index (χ2n) is 7.22. The lowest BCUT2D eigenvalue weighted by Crippen LogP contribution is -2.57. The maximum atomic E-state index is 12.9. The zero-order chi connectivity index (χ0) is 20.3. The lowest BCUT2D eigenvalue weighted by molar-refractivity contribution is -0.134. The molecule has 1 aromatic heterocycles. The molecule has 11 heteroatoms. The number of fused-ring (bicyclic) bond motifs is 1. The topological polar surface area (TPSA) is 118 Å². The van der Waals surface area contributed by atoms with Crippen molar-refractivity contribution in [1.82, 2.24) is 30.3 Å². The van der Waals surface area contributed by atoms with Gasteiger partial charge in [0.1, 0.15) is 6.04 Å². The fraction of sp³-hybridized carbons (Fsp3) is 0.647. The van der Waals surface area contributed by atoms with E-state index in [4.69, 9.17) is 5.11 Å². The lowest BCUT2D eigenvalue weighted by Gasteiger charge is -2.34. The number of carbonyl (C=O) groups excluding carboxylic acids is 2. The van der Waals surface area contributed by atoms with Gasteiger partial charge in [0.15, 0.2) is 5.01 Å². The van der Waals surface area contributed by atoms with Gasteiger partial charge in [0.2, 0.25) is 5.91 Å². The van der Waals surface area contributed by atoms with Gasteiger partial charge in [-0.2, -0.15) is 0 Å². The maximum absolute atomic E-state index is 12.9. The molecule has 2 aliphatic heterocycles. The molecule has 1 unspecified atom stereocenters. The standard InChI is InChI=1S/C17H26N6O4S/c1-21-5-7-23(8-6-21)16(25)12(9-18-17(26)27)19-14(24)15-20-11-3-4-22(2)10-13(11)28-15/h12,18H,3-10H2,1-2H3,(H,19,24)(H,26,27). The van der Waals surface area contributed by atoms with Crippen LogP contribution >= 0.6 is 11.3 Å². The molecule has 10 nitrogen and oxygen atoms in total. The van der Waals surface area contributed by atoms with Crippen LogP contribution in [0, 0.1) is 0 Å². The molecule has 1 atom stereocenters. The molecule has 28 heavy (non-hydrogen) atoms. The molecule has 3 rings (SSSR count). The number of thiazole rings is 1. The first-order chi connectivity index (χ1) is 13.3. The first kappa shape index (κ1) is 20.5. The minimum Gasteiger partial charge on any atom is -0.465 e. The van der Waals surface area contributed by atoms with Crippen LogP contribution in [-0.2, 0) is 17.8 Å². The van der Waals surface area contributed by atoms with Crippen molar-refractivity contribution < 1.29 is 19.5 Å². The predicted molar refractivity (Wildman–Crippen MR) is 104 cm³/mol. The number of piperazine rings is 1. The van der Waals surface area contributed by atoms with Crippen molar-refractivity contribution in [1.29, 1.82) is 0 Å². The number of carbonyl (C=O) groups is 3. The summed E-state index contributed by atoms with van der Waals surface area (Å²) >= 11 is 1.33. The van der Waals surface area contributed by atoms with Gasteiger partial charge < -0.3 is 30.4 Å². The molecule has 0 aliphatic carbocycles. The van der Waals surface area contributed by atoms with Gasteiger partial charge in [-0.25, -0.2) is 9.78 Å². The van der Waals surface area contributed by atoms with Crippen LogP contribution in [0.1, 0.15) is 20.4 Å². The minimum atomic E-state index is -1.24. The van der Waals surface area contributed by atoms with Gasteiger partial charge in [-0.3, -0.25) is 9.59 Å². The Morgan fingerprint density at radius 2 is 1.86 bits per heavy atom. The zero-order valence-corrected chi connectivity index (χ0v) is 16.9. The highest BCUT2D eigenvalue weighted by Gasteiger charge is 2.30. The highest BCUT2D eigenvalue weighted by molar-refractivity contribution is 7.13. The van der Waals surface area contributed by atoms with Gasteiger partial charge in [-0.15, -0.1) is 11.3 Å². The fourth-order valence-electron chi connectivity index (χ4n) is 3.28. The smallest absolute Gasteiger partial charge is 0.404 e. The first-order valence-corrected chi connectivity index (χ1v) is 10.1. The molecular formula is C17H26N6O4S. The van der Waals surface area contributed by atoms with Crippen molar-refractivity contribution in [3.8, 4) is 0 Å². The summed E-state index contributed by atoms with van der Waals surface area (Å²) in [7, 11) is 4.00. The van der Waals surface area contributed by atoms with E-state index in [9.17, 15) is 14.4 Å². The van der Waals surface area contributed by atoms with E-state index in [1.807, 2.05) is 14.1 Å². The molecule has 1 aromatic rings. The fourth-order valence-corrected chi connectivity index (χ4v) is 4.37. The number of aromatic nitrogens is 1. The van der Waals surface area contributed by atoms with Crippen molar-refractivity contribution in [2.75, 3.05) is 53.4 Å². The summed E-state index contributed by atoms with van der Waals surface area (Å²) in [6.45, 7) is 4.05. The monoisotopic (exact) mass is 410 g/mol. The van der Waals surface area contributed by atoms with E-state index in [0.717, 1.165) is 43.2 Å². The van der Waals surface area contributed by atoms with Crippen LogP contribution in [0.3, 0.4) is 0 Å². The molecule has 0 spiro atoms. The highest BCUT2D eigenvalue weighted by atomic mass is 32.1. The van der Waals surface area contributed by atoms with Crippen molar-refractivity contribution >= 4 is 29.2 Å². The molecule has 1 fully saturated rings. The molecule has 0 aromatic carbocycles. The first-order valence-electron chi connectivity index (χ1n) is 9.25. The molecular weight excluding hydrogens is 384 g/mol. The van der Waals surface area contributed by atoms with Gasteiger partial charge in [-0.1, -0.05) is 0 Å². The van der Waals surface area contributed by atoms with Crippen molar-refractivity contribution in [2.45, 2.75) is 19.0 Å². The Bertz CT molecular complexity index is 746. The number of nitrogens with one attached hydrogen (secondary N) is 2. The molecule has 0 radical (unpaired) electrons. The van der Waals surface area contributed by atoms with Crippen molar-refractivity contribution in [3.05, 3.63) is 15.6 Å². The van der Waals surface area contributed by atoms with Crippen molar-refractivity contribution in [2.24, 2.45) is 0 Å². The summed E-state index contributed by atoms with van der Waals surface area (Å²) in [6, 6.07) is -0.962. The number of amides is 3. The van der Waals surface area contributed by atoms with Crippen LogP contribution in [0.25, 0.3) is 0 Å². The average molecular weight is 411 g/mol. The second kappa shape index (κ2) is 8.84. The Morgan fingerprint density at radius 1 is 1.14 bits per heavy atom. The minimum absolute atomic E-state index is 0.180. The van der Waals surface area contributed by atoms with E-state index < -0.39 is 18.0 Å². The van der Waals surface area contributed by atoms with E-state index in [1.54, 1.807) is 4.90 Å². The Labute approximate surface area is 167 Å². The number of hydrogen-bond acceptors (Lipinski definition) is 7. The predicted octanol–water partition coefficient (Wildman–Crippen LogP) is -0.729. The van der Waals surface area contributed by atoms with Crippen LogP contribution in [0.2, 0.25) is 0 Å². The molecule has 3 amide bonds. The van der Waals surface area contributed by atoms with Gasteiger partial charge >= 0.3 is 6.09 Å². The third kappa shape index (κ3) is 4.97. The summed E-state index contributed by atoms with van der Waals surface area (Å²) in [5, 5.41) is 14.1. The largest absolute Gasteiger partial charge is 0.465 e. The SMILES string of the molecule is CN1CCN(C(=O)C(CNC(=O)O)NC(=O)c2nc3c(s2)CN(C)CC3)CC1. The Morgan fingerprint density at radius 3 is 2.54 bits per heavy atom. The van der Waals surface area contributed by atoms with Gasteiger partial charge in [-0.05, 0) is 14.1 Å². The number of hydrogen-bond donors (Lipinski definition) is 3. The van der Waals surface area contributed by atoms with E-state index in [1.165, 1.54) is 11.3 Å². The number of carboxylic acid groups (broad SMARTS) is 1. The Kier molecular flexibility index (Phi) is 6.47. The third-order valence-electron chi connectivity index (χ3n) is 4.99. The summed E-state index contributed by atoms with van der Waals surface area (Å²) in [6.07, 6.45) is -0.446. The molecule has 154 valence electrons. The Balaban J connectivity index is 1.69. The van der Waals surface area contributed by atoms with Crippen LogP contribution in [-0.4, -0.2) is 102 Å². The lowest BCUT2D eigenvalue weighted by atomic mass is 10.2. The normalized spacial score (nSPS) is 19.0. The summed E-state index contributed by atoms with van der Waals surface area (Å²) in [4.78, 5) is 47.9. The molecule has 1 saturated heterocycles.